The lowest BCUT2D eigenvalue weighted by molar-refractivity contribution is -0.00803. The van der Waals surface area contributed by atoms with Crippen LogP contribution in [0.3, 0.4) is 0 Å². The molecular weight excluding hydrogens is 380 g/mol. The van der Waals surface area contributed by atoms with Gasteiger partial charge in [-0.25, -0.2) is 17.9 Å². The first kappa shape index (κ1) is 22.9. The lowest BCUT2D eigenvalue weighted by Crippen LogP contribution is -2.55. The van der Waals surface area contributed by atoms with E-state index in [0.717, 1.165) is 13.1 Å². The van der Waals surface area contributed by atoms with E-state index in [4.69, 9.17) is 9.47 Å². The van der Waals surface area contributed by atoms with Crippen molar-refractivity contribution >= 4 is 28.4 Å². The molecule has 26 heavy (non-hydrogen) atoms. The number of ether oxygens (including phenoxy) is 2. The summed E-state index contributed by atoms with van der Waals surface area (Å²) in [6.45, 7) is 9.17. The number of halogens is 1. The van der Waals surface area contributed by atoms with Crippen molar-refractivity contribution < 1.29 is 22.7 Å². The fourth-order valence-electron chi connectivity index (χ4n) is 2.62. The van der Waals surface area contributed by atoms with Gasteiger partial charge in [0, 0.05) is 25.2 Å². The van der Waals surface area contributed by atoms with E-state index in [2.05, 4.69) is 9.62 Å². The summed E-state index contributed by atoms with van der Waals surface area (Å²) >= 11 is 0. The van der Waals surface area contributed by atoms with Crippen LogP contribution in [0.4, 0.5) is 0 Å². The van der Waals surface area contributed by atoms with Gasteiger partial charge in [0.2, 0.25) is 10.0 Å². The Morgan fingerprint density at radius 3 is 2.35 bits per heavy atom. The number of hydrogen-bond donors (Lipinski definition) is 1. The highest BCUT2D eigenvalue weighted by atomic mass is 35.5. The SMILES string of the molecule is CCOC(=O)c1ccc(S(=O)(=O)NCC(C)(C)N2CCOCC2)cc1.Cl. The Hall–Kier alpha value is -1.19. The highest BCUT2D eigenvalue weighted by molar-refractivity contribution is 7.89. The second kappa shape index (κ2) is 9.66. The third kappa shape index (κ3) is 5.92. The Morgan fingerprint density at radius 2 is 1.81 bits per heavy atom. The van der Waals surface area contributed by atoms with E-state index in [9.17, 15) is 13.2 Å². The number of carbonyl (C=O) groups excluding carboxylic acids is 1. The monoisotopic (exact) mass is 406 g/mol. The Balaban J connectivity index is 0.00000338. The fraction of sp³-hybridized carbons (Fsp3) is 0.588. The van der Waals surface area contributed by atoms with Crippen LogP contribution < -0.4 is 4.72 Å². The molecule has 2 rings (SSSR count). The van der Waals surface area contributed by atoms with Gasteiger partial charge in [0.1, 0.15) is 0 Å². The zero-order valence-electron chi connectivity index (χ0n) is 15.4. The third-order valence-electron chi connectivity index (χ3n) is 4.24. The molecule has 148 valence electrons. The van der Waals surface area contributed by atoms with Crippen LogP contribution in [0.25, 0.3) is 0 Å². The van der Waals surface area contributed by atoms with Crippen molar-refractivity contribution in [2.24, 2.45) is 0 Å². The molecule has 0 amide bonds. The maximum absolute atomic E-state index is 12.5. The number of morpholine rings is 1. The van der Waals surface area contributed by atoms with Crippen molar-refractivity contribution in [2.75, 3.05) is 39.5 Å². The van der Waals surface area contributed by atoms with Gasteiger partial charge in [0.25, 0.3) is 0 Å². The second-order valence-corrected chi connectivity index (χ2v) is 8.25. The van der Waals surface area contributed by atoms with Gasteiger partial charge in [-0.3, -0.25) is 4.90 Å². The molecule has 0 spiro atoms. The highest BCUT2D eigenvalue weighted by Gasteiger charge is 2.30. The molecule has 7 nitrogen and oxygen atoms in total. The Labute approximate surface area is 161 Å². The van der Waals surface area contributed by atoms with Gasteiger partial charge >= 0.3 is 5.97 Å². The number of hydrogen-bond acceptors (Lipinski definition) is 6. The summed E-state index contributed by atoms with van der Waals surface area (Å²) < 4.78 is 37.9. The molecule has 0 radical (unpaired) electrons. The number of esters is 1. The summed E-state index contributed by atoms with van der Waals surface area (Å²) in [5, 5.41) is 0. The summed E-state index contributed by atoms with van der Waals surface area (Å²) in [6.07, 6.45) is 0. The maximum atomic E-state index is 12.5. The molecule has 1 aliphatic rings. The van der Waals surface area contributed by atoms with Crippen LogP contribution in [-0.4, -0.2) is 64.3 Å². The largest absolute Gasteiger partial charge is 0.462 e. The number of sulfonamides is 1. The van der Waals surface area contributed by atoms with Crippen molar-refractivity contribution in [3.05, 3.63) is 29.8 Å². The van der Waals surface area contributed by atoms with Crippen LogP contribution in [0, 0.1) is 0 Å². The lowest BCUT2D eigenvalue weighted by atomic mass is 10.0. The van der Waals surface area contributed by atoms with E-state index in [0.29, 0.717) is 18.8 Å². The first-order chi connectivity index (χ1) is 11.8. The molecule has 1 aromatic carbocycles. The van der Waals surface area contributed by atoms with E-state index in [-0.39, 0.29) is 36.0 Å². The summed E-state index contributed by atoms with van der Waals surface area (Å²) in [5.41, 5.74) is 0.0105. The smallest absolute Gasteiger partial charge is 0.338 e. The number of rotatable bonds is 7. The molecular formula is C17H27ClN2O5S. The molecule has 0 aromatic heterocycles. The Kier molecular flexibility index (Phi) is 8.49. The average Bonchev–Trinajstić information content (AvgIpc) is 2.61. The molecule has 9 heteroatoms. The van der Waals surface area contributed by atoms with Crippen molar-refractivity contribution in [1.82, 2.24) is 9.62 Å². The van der Waals surface area contributed by atoms with Crippen molar-refractivity contribution in [2.45, 2.75) is 31.2 Å². The van der Waals surface area contributed by atoms with Crippen LogP contribution in [0.5, 0.6) is 0 Å². The van der Waals surface area contributed by atoms with Crippen molar-refractivity contribution in [1.29, 1.82) is 0 Å². The molecule has 1 saturated heterocycles. The van der Waals surface area contributed by atoms with Crippen LogP contribution in [-0.2, 0) is 19.5 Å². The minimum atomic E-state index is -3.65. The van der Waals surface area contributed by atoms with E-state index in [1.807, 2.05) is 13.8 Å². The quantitative estimate of drug-likeness (QED) is 0.693. The number of nitrogens with zero attached hydrogens (tertiary/aromatic N) is 1. The van der Waals surface area contributed by atoms with E-state index in [1.165, 1.54) is 24.3 Å². The van der Waals surface area contributed by atoms with E-state index in [1.54, 1.807) is 6.92 Å². The van der Waals surface area contributed by atoms with Crippen LogP contribution in [0.15, 0.2) is 29.2 Å². The summed E-state index contributed by atoms with van der Waals surface area (Å²) in [4.78, 5) is 14.0. The molecule has 0 saturated carbocycles. The summed E-state index contributed by atoms with van der Waals surface area (Å²) in [6, 6.07) is 5.74. The van der Waals surface area contributed by atoms with Crippen molar-refractivity contribution in [3.63, 3.8) is 0 Å². The minimum Gasteiger partial charge on any atom is -0.462 e. The Morgan fingerprint density at radius 1 is 1.23 bits per heavy atom. The van der Waals surface area contributed by atoms with Gasteiger partial charge in [0.15, 0.2) is 0 Å². The lowest BCUT2D eigenvalue weighted by Gasteiger charge is -2.40. The predicted molar refractivity (Wildman–Crippen MR) is 101 cm³/mol. The maximum Gasteiger partial charge on any atom is 0.338 e. The number of nitrogens with one attached hydrogen (secondary N) is 1. The minimum absolute atomic E-state index is 0. The second-order valence-electron chi connectivity index (χ2n) is 6.48. The van der Waals surface area contributed by atoms with Gasteiger partial charge in [-0.1, -0.05) is 0 Å². The van der Waals surface area contributed by atoms with E-state index >= 15 is 0 Å². The normalized spacial score (nSPS) is 16.0. The van der Waals surface area contributed by atoms with E-state index < -0.39 is 16.0 Å². The van der Waals surface area contributed by atoms with Crippen molar-refractivity contribution in [3.8, 4) is 0 Å². The fourth-order valence-corrected chi connectivity index (χ4v) is 3.82. The average molecular weight is 407 g/mol. The van der Waals surface area contributed by atoms with Gasteiger partial charge in [0.05, 0.1) is 30.3 Å². The molecule has 1 aliphatic heterocycles. The molecule has 0 bridgehead atoms. The molecule has 1 aromatic rings. The third-order valence-corrected chi connectivity index (χ3v) is 5.65. The zero-order chi connectivity index (χ0) is 18.5. The highest BCUT2D eigenvalue weighted by Crippen LogP contribution is 2.17. The predicted octanol–water partition coefficient (Wildman–Crippen LogP) is 1.67. The molecule has 0 aliphatic carbocycles. The summed E-state index contributed by atoms with van der Waals surface area (Å²) in [7, 11) is -3.65. The molecule has 0 atom stereocenters. The summed E-state index contributed by atoms with van der Waals surface area (Å²) in [5.74, 6) is -0.465. The van der Waals surface area contributed by atoms with Gasteiger partial charge < -0.3 is 9.47 Å². The number of carbonyl (C=O) groups is 1. The molecule has 0 unspecified atom stereocenters. The first-order valence-electron chi connectivity index (χ1n) is 8.36. The molecule has 1 N–H and O–H groups in total. The number of benzene rings is 1. The topological polar surface area (TPSA) is 84.9 Å². The van der Waals surface area contributed by atoms with Gasteiger partial charge in [-0.2, -0.15) is 0 Å². The Bertz CT molecular complexity index is 686. The first-order valence-corrected chi connectivity index (χ1v) is 9.84. The molecule has 1 heterocycles. The van der Waals surface area contributed by atoms with Gasteiger partial charge in [-0.05, 0) is 45.0 Å². The van der Waals surface area contributed by atoms with Crippen LogP contribution in [0.2, 0.25) is 0 Å². The van der Waals surface area contributed by atoms with Gasteiger partial charge in [-0.15, -0.1) is 12.4 Å². The van der Waals surface area contributed by atoms with Crippen LogP contribution >= 0.6 is 12.4 Å². The standard InChI is InChI=1S/C17H26N2O5S.ClH/c1-4-24-16(20)14-5-7-15(8-6-14)25(21,22)18-13-17(2,3)19-9-11-23-12-10-19;/h5-8,18H,4,9-13H2,1-3H3;1H. The zero-order valence-corrected chi connectivity index (χ0v) is 17.0. The molecule has 1 fully saturated rings. The van der Waals surface area contributed by atoms with Crippen LogP contribution in [0.1, 0.15) is 31.1 Å².